The molecule has 1 aromatic carbocycles. The molecule has 0 spiro atoms. The predicted molar refractivity (Wildman–Crippen MR) is 78.4 cm³/mol. The molecule has 3 rings (SSSR count). The number of carbonyl (C=O) groups is 1. The molecule has 0 radical (unpaired) electrons. The fourth-order valence-electron chi connectivity index (χ4n) is 3.00. The van der Waals surface area contributed by atoms with Crippen LogP contribution in [0.1, 0.15) is 46.1 Å². The van der Waals surface area contributed by atoms with Crippen LogP contribution in [-0.2, 0) is 19.4 Å². The van der Waals surface area contributed by atoms with Crippen molar-refractivity contribution in [3.05, 3.63) is 35.9 Å². The van der Waals surface area contributed by atoms with Crippen LogP contribution in [-0.4, -0.2) is 24.1 Å². The molecule has 1 saturated carbocycles. The summed E-state index contributed by atoms with van der Waals surface area (Å²) in [5, 5.41) is -0.316. The van der Waals surface area contributed by atoms with E-state index in [1.807, 2.05) is 45.9 Å². The standard InChI is InChI=1S/C16H21BO3/c1-14(2)15(3,4)20-17(19-14)16(10-13(18)11-16)12-8-6-5-7-9-12/h5-9H,10-11H2,1-4H3. The van der Waals surface area contributed by atoms with Gasteiger partial charge in [-0.05, 0) is 33.3 Å². The average Bonchev–Trinajstić information content (AvgIpc) is 2.55. The maximum atomic E-state index is 11.7. The summed E-state index contributed by atoms with van der Waals surface area (Å²) in [5.41, 5.74) is 0.411. The van der Waals surface area contributed by atoms with E-state index in [0.29, 0.717) is 12.8 Å². The van der Waals surface area contributed by atoms with Gasteiger partial charge < -0.3 is 9.31 Å². The summed E-state index contributed by atoms with van der Waals surface area (Å²) >= 11 is 0. The molecule has 0 N–H and O–H groups in total. The summed E-state index contributed by atoms with van der Waals surface area (Å²) < 4.78 is 12.4. The summed E-state index contributed by atoms with van der Waals surface area (Å²) in [7, 11) is -0.354. The summed E-state index contributed by atoms with van der Waals surface area (Å²) in [4.78, 5) is 11.7. The highest BCUT2D eigenvalue weighted by Crippen LogP contribution is 2.50. The molecule has 1 aliphatic heterocycles. The van der Waals surface area contributed by atoms with Crippen LogP contribution in [0.2, 0.25) is 0 Å². The van der Waals surface area contributed by atoms with Crippen molar-refractivity contribution < 1.29 is 14.1 Å². The van der Waals surface area contributed by atoms with Crippen LogP contribution in [0, 0.1) is 0 Å². The number of ketones is 1. The SMILES string of the molecule is CC1(C)OB(C2(c3ccccc3)CC(=O)C2)OC1(C)C. The Hall–Kier alpha value is -1.13. The fourth-order valence-corrected chi connectivity index (χ4v) is 3.00. The van der Waals surface area contributed by atoms with Gasteiger partial charge in [0.2, 0.25) is 0 Å². The molecular weight excluding hydrogens is 251 g/mol. The fraction of sp³-hybridized carbons (Fsp3) is 0.562. The van der Waals surface area contributed by atoms with Crippen LogP contribution in [0.4, 0.5) is 0 Å². The third-order valence-electron chi connectivity index (χ3n) is 5.08. The summed E-state index contributed by atoms with van der Waals surface area (Å²) in [6.07, 6.45) is 1.02. The number of carbonyl (C=O) groups excluding carboxylic acids is 1. The van der Waals surface area contributed by atoms with E-state index >= 15 is 0 Å². The van der Waals surface area contributed by atoms with Crippen molar-refractivity contribution in [3.8, 4) is 0 Å². The van der Waals surface area contributed by atoms with Crippen LogP contribution in [0.15, 0.2) is 30.3 Å². The first-order chi connectivity index (χ1) is 9.27. The lowest BCUT2D eigenvalue weighted by Crippen LogP contribution is -2.55. The van der Waals surface area contributed by atoms with E-state index in [9.17, 15) is 4.79 Å². The van der Waals surface area contributed by atoms with Crippen LogP contribution < -0.4 is 0 Å². The maximum Gasteiger partial charge on any atom is 0.470 e. The van der Waals surface area contributed by atoms with Crippen molar-refractivity contribution in [3.63, 3.8) is 0 Å². The minimum Gasteiger partial charge on any atom is -0.403 e. The molecule has 0 atom stereocenters. The third kappa shape index (κ3) is 1.86. The van der Waals surface area contributed by atoms with Gasteiger partial charge in [-0.25, -0.2) is 0 Å². The lowest BCUT2D eigenvalue weighted by Gasteiger charge is -2.42. The van der Waals surface area contributed by atoms with Gasteiger partial charge in [0, 0.05) is 18.2 Å². The number of Topliss-reactive ketones (excluding diaryl/α,β-unsaturated/α-hetero) is 1. The Balaban J connectivity index is 1.96. The van der Waals surface area contributed by atoms with Crippen molar-refractivity contribution >= 4 is 12.9 Å². The van der Waals surface area contributed by atoms with Crippen molar-refractivity contribution in [2.75, 3.05) is 0 Å². The maximum absolute atomic E-state index is 11.7. The molecule has 1 aromatic rings. The van der Waals surface area contributed by atoms with Gasteiger partial charge in [-0.15, -0.1) is 0 Å². The van der Waals surface area contributed by atoms with Crippen molar-refractivity contribution in [1.82, 2.24) is 0 Å². The predicted octanol–water partition coefficient (Wildman–Crippen LogP) is 2.92. The molecule has 0 amide bonds. The number of hydrogen-bond donors (Lipinski definition) is 0. The Bertz CT molecular complexity index is 512. The zero-order valence-corrected chi connectivity index (χ0v) is 12.6. The molecule has 106 valence electrons. The Morgan fingerprint density at radius 3 is 1.90 bits per heavy atom. The van der Waals surface area contributed by atoms with E-state index in [4.69, 9.17) is 9.31 Å². The van der Waals surface area contributed by atoms with Gasteiger partial charge in [0.25, 0.3) is 0 Å². The molecule has 20 heavy (non-hydrogen) atoms. The third-order valence-corrected chi connectivity index (χ3v) is 5.08. The van der Waals surface area contributed by atoms with Gasteiger partial charge in [-0.1, -0.05) is 30.3 Å². The van der Waals surface area contributed by atoms with Crippen LogP contribution in [0.3, 0.4) is 0 Å². The van der Waals surface area contributed by atoms with Crippen molar-refractivity contribution in [1.29, 1.82) is 0 Å². The Labute approximate surface area is 120 Å². The molecule has 1 saturated heterocycles. The quantitative estimate of drug-likeness (QED) is 0.776. The molecule has 3 nitrogen and oxygen atoms in total. The van der Waals surface area contributed by atoms with Gasteiger partial charge >= 0.3 is 7.12 Å². The molecule has 0 unspecified atom stereocenters. The van der Waals surface area contributed by atoms with E-state index in [1.54, 1.807) is 0 Å². The first-order valence-corrected chi connectivity index (χ1v) is 7.20. The second-order valence-electron chi connectivity index (χ2n) is 7.00. The Morgan fingerprint density at radius 1 is 0.950 bits per heavy atom. The summed E-state index contributed by atoms with van der Waals surface area (Å²) in [6, 6.07) is 10.1. The zero-order chi connectivity index (χ0) is 14.6. The Kier molecular flexibility index (Phi) is 2.90. The van der Waals surface area contributed by atoms with Gasteiger partial charge in [0.05, 0.1) is 11.2 Å². The Morgan fingerprint density at radius 2 is 1.45 bits per heavy atom. The number of rotatable bonds is 2. The smallest absolute Gasteiger partial charge is 0.403 e. The minimum atomic E-state index is -0.363. The highest BCUT2D eigenvalue weighted by atomic mass is 16.7. The molecule has 2 fully saturated rings. The van der Waals surface area contributed by atoms with Gasteiger partial charge in [0.15, 0.2) is 0 Å². The topological polar surface area (TPSA) is 35.5 Å². The molecular formula is C16H21BO3. The molecule has 1 aliphatic carbocycles. The number of benzene rings is 1. The van der Waals surface area contributed by atoms with E-state index in [-0.39, 0.29) is 29.4 Å². The molecule has 4 heteroatoms. The van der Waals surface area contributed by atoms with Gasteiger partial charge in [0.1, 0.15) is 5.78 Å². The minimum absolute atomic E-state index is 0.281. The second-order valence-corrected chi connectivity index (χ2v) is 7.00. The molecule has 0 aromatic heterocycles. The van der Waals surface area contributed by atoms with Gasteiger partial charge in [-0.3, -0.25) is 4.79 Å². The van der Waals surface area contributed by atoms with Crippen LogP contribution in [0.5, 0.6) is 0 Å². The van der Waals surface area contributed by atoms with E-state index in [1.165, 1.54) is 0 Å². The highest BCUT2D eigenvalue weighted by molar-refractivity contribution is 6.52. The second kappa shape index (κ2) is 4.19. The average molecular weight is 272 g/mol. The van der Waals surface area contributed by atoms with Crippen LogP contribution in [0.25, 0.3) is 0 Å². The monoisotopic (exact) mass is 272 g/mol. The van der Waals surface area contributed by atoms with E-state index in [2.05, 4.69) is 12.1 Å². The molecule has 1 heterocycles. The normalized spacial score (nSPS) is 26.4. The molecule has 0 bridgehead atoms. The number of hydrogen-bond acceptors (Lipinski definition) is 3. The lowest BCUT2D eigenvalue weighted by molar-refractivity contribution is -0.126. The van der Waals surface area contributed by atoms with Crippen molar-refractivity contribution in [2.45, 2.75) is 57.1 Å². The zero-order valence-electron chi connectivity index (χ0n) is 12.6. The highest BCUT2D eigenvalue weighted by Gasteiger charge is 2.64. The first-order valence-electron chi connectivity index (χ1n) is 7.20. The van der Waals surface area contributed by atoms with E-state index < -0.39 is 0 Å². The van der Waals surface area contributed by atoms with Crippen molar-refractivity contribution in [2.24, 2.45) is 0 Å². The van der Waals surface area contributed by atoms with Gasteiger partial charge in [-0.2, -0.15) is 0 Å². The summed E-state index contributed by atoms with van der Waals surface area (Å²) in [5.74, 6) is 0.281. The lowest BCUT2D eigenvalue weighted by atomic mass is 9.44. The van der Waals surface area contributed by atoms with Crippen LogP contribution >= 0.6 is 0 Å². The first kappa shape index (κ1) is 13.8. The van der Waals surface area contributed by atoms with E-state index in [0.717, 1.165) is 5.56 Å². The summed E-state index contributed by atoms with van der Waals surface area (Å²) in [6.45, 7) is 8.19. The largest absolute Gasteiger partial charge is 0.470 e. The molecule has 2 aliphatic rings.